The maximum Gasteiger partial charge on any atom is 0.409 e. The summed E-state index contributed by atoms with van der Waals surface area (Å²) < 4.78 is 59.5. The molecule has 1 saturated heterocycles. The Bertz CT molecular complexity index is 908. The molecule has 0 unspecified atom stereocenters. The third kappa shape index (κ3) is 8.98. The summed E-state index contributed by atoms with van der Waals surface area (Å²) in [5.74, 6) is -1.77. The van der Waals surface area contributed by atoms with Crippen molar-refractivity contribution in [1.29, 1.82) is 0 Å². The molecule has 0 aromatic carbocycles. The average molecular weight is 519 g/mol. The predicted octanol–water partition coefficient (Wildman–Crippen LogP) is 3.55. The van der Waals surface area contributed by atoms with Gasteiger partial charge in [-0.05, 0) is 32.1 Å². The largest absolute Gasteiger partial charge is 0.503 e. The maximum atomic E-state index is 12.9. The second kappa shape index (κ2) is 13.4. The van der Waals surface area contributed by atoms with Crippen LogP contribution in [-0.4, -0.2) is 72.8 Å². The molecular formula is C24H33F3N2O7. The van der Waals surface area contributed by atoms with Crippen molar-refractivity contribution in [2.24, 2.45) is 5.92 Å². The zero-order chi connectivity index (χ0) is 26.9. The lowest BCUT2D eigenvalue weighted by molar-refractivity contribution is -0.167. The van der Waals surface area contributed by atoms with E-state index >= 15 is 0 Å². The quantitative estimate of drug-likeness (QED) is 0.377. The Balaban J connectivity index is 2.17. The Morgan fingerprint density at radius 2 is 2.06 bits per heavy atom. The van der Waals surface area contributed by atoms with Gasteiger partial charge in [0.15, 0.2) is 17.2 Å². The van der Waals surface area contributed by atoms with E-state index in [9.17, 15) is 27.9 Å². The number of aromatic nitrogens is 1. The Labute approximate surface area is 208 Å². The minimum absolute atomic E-state index is 0.0468. The van der Waals surface area contributed by atoms with Crippen LogP contribution in [0.1, 0.15) is 50.5 Å². The number of amides is 1. The maximum absolute atomic E-state index is 12.9. The molecule has 0 radical (unpaired) electrons. The highest BCUT2D eigenvalue weighted by Crippen LogP contribution is 2.28. The van der Waals surface area contributed by atoms with Gasteiger partial charge in [0.25, 0.3) is 5.91 Å². The minimum Gasteiger partial charge on any atom is -0.503 e. The fourth-order valence-corrected chi connectivity index (χ4v) is 3.65. The summed E-state index contributed by atoms with van der Waals surface area (Å²) in [7, 11) is 1.32. The van der Waals surface area contributed by atoms with Crippen LogP contribution in [0.4, 0.5) is 13.2 Å². The number of ether oxygens (including phenoxy) is 4. The van der Waals surface area contributed by atoms with Crippen LogP contribution < -0.4 is 10.1 Å². The minimum atomic E-state index is -4.47. The van der Waals surface area contributed by atoms with Gasteiger partial charge in [0, 0.05) is 24.9 Å². The fraction of sp³-hybridized carbons (Fsp3) is 0.625. The standard InChI is InChI=1S/C24H33F3N2O7/c1-14(2)13-35-18-8-5-7-16(29-22(31)19-20(30)17(33-4)9-11-28-19)23(32)36-15(3)21(18)34-12-6-10-24(25,26)27/h6,9-11,14-16,18,21,30H,5,7-8,12-13H2,1-4H3,(H,29,31)/t15-,16-,18-,21-/m0/s1. The molecule has 0 aliphatic carbocycles. The van der Waals surface area contributed by atoms with Crippen LogP contribution in [0.25, 0.3) is 0 Å². The van der Waals surface area contributed by atoms with Gasteiger partial charge in [-0.2, -0.15) is 13.2 Å². The van der Waals surface area contributed by atoms with Crippen LogP contribution in [0, 0.1) is 5.92 Å². The first-order valence-electron chi connectivity index (χ1n) is 11.6. The van der Waals surface area contributed by atoms with E-state index in [0.717, 1.165) is 6.08 Å². The van der Waals surface area contributed by atoms with Crippen molar-refractivity contribution in [3.8, 4) is 11.5 Å². The number of alkyl halides is 3. The summed E-state index contributed by atoms with van der Waals surface area (Å²) in [5, 5.41) is 12.7. The lowest BCUT2D eigenvalue weighted by Crippen LogP contribution is -2.45. The number of allylic oxidation sites excluding steroid dienone is 1. The highest BCUT2D eigenvalue weighted by molar-refractivity contribution is 5.97. The second-order valence-corrected chi connectivity index (χ2v) is 8.82. The molecule has 2 heterocycles. The number of carbonyl (C=O) groups excluding carboxylic acids is 2. The van der Waals surface area contributed by atoms with Gasteiger partial charge in [-0.15, -0.1) is 0 Å². The van der Waals surface area contributed by atoms with E-state index in [2.05, 4.69) is 10.3 Å². The number of cyclic esters (lactones) is 1. The van der Waals surface area contributed by atoms with Crippen LogP contribution >= 0.6 is 0 Å². The molecule has 1 fully saturated rings. The van der Waals surface area contributed by atoms with Gasteiger partial charge < -0.3 is 29.4 Å². The number of pyridine rings is 1. The first kappa shape index (κ1) is 29.4. The molecule has 1 aliphatic rings. The van der Waals surface area contributed by atoms with Gasteiger partial charge in [-0.1, -0.05) is 19.9 Å². The molecule has 12 heteroatoms. The highest BCUT2D eigenvalue weighted by atomic mass is 19.4. The summed E-state index contributed by atoms with van der Waals surface area (Å²) in [6.45, 7) is 5.49. The number of aromatic hydroxyl groups is 1. The van der Waals surface area contributed by atoms with Crippen molar-refractivity contribution in [3.63, 3.8) is 0 Å². The van der Waals surface area contributed by atoms with Crippen molar-refractivity contribution >= 4 is 11.9 Å². The smallest absolute Gasteiger partial charge is 0.409 e. The molecular weight excluding hydrogens is 485 g/mol. The summed E-state index contributed by atoms with van der Waals surface area (Å²) in [6.07, 6.45) is -3.49. The number of methoxy groups -OCH3 is 1. The molecule has 1 aromatic rings. The van der Waals surface area contributed by atoms with E-state index in [1.54, 1.807) is 6.92 Å². The van der Waals surface area contributed by atoms with E-state index < -0.39 is 48.2 Å². The Hall–Kier alpha value is -2.86. The number of nitrogens with zero attached hydrogens (tertiary/aromatic N) is 1. The monoisotopic (exact) mass is 518 g/mol. The number of hydrogen-bond donors (Lipinski definition) is 2. The molecule has 1 aromatic heterocycles. The first-order chi connectivity index (χ1) is 16.9. The normalized spacial score (nSPS) is 23.6. The predicted molar refractivity (Wildman–Crippen MR) is 123 cm³/mol. The summed E-state index contributed by atoms with van der Waals surface area (Å²) >= 11 is 0. The topological polar surface area (TPSA) is 116 Å². The van der Waals surface area contributed by atoms with Crippen LogP contribution in [0.5, 0.6) is 11.5 Å². The SMILES string of the molecule is COc1ccnc(C(=O)N[C@H]2CCC[C@H](OCC(C)C)[C@@H](OCC=CC(F)(F)F)[C@H](C)OC2=O)c1O. The van der Waals surface area contributed by atoms with Gasteiger partial charge >= 0.3 is 12.1 Å². The van der Waals surface area contributed by atoms with E-state index in [1.807, 2.05) is 13.8 Å². The number of rotatable bonds is 9. The van der Waals surface area contributed by atoms with E-state index in [4.69, 9.17) is 18.9 Å². The number of esters is 1. The second-order valence-electron chi connectivity index (χ2n) is 8.82. The Morgan fingerprint density at radius 3 is 2.69 bits per heavy atom. The molecule has 9 nitrogen and oxygen atoms in total. The third-order valence-corrected chi connectivity index (χ3v) is 5.36. The molecule has 0 saturated carbocycles. The number of nitrogens with one attached hydrogen (secondary N) is 1. The summed E-state index contributed by atoms with van der Waals surface area (Å²) in [6, 6.07) is 0.325. The van der Waals surface area contributed by atoms with Crippen molar-refractivity contribution in [3.05, 3.63) is 30.1 Å². The molecule has 0 spiro atoms. The van der Waals surface area contributed by atoms with Gasteiger partial charge in [-0.25, -0.2) is 9.78 Å². The number of halogens is 3. The molecule has 1 aliphatic heterocycles. The summed E-state index contributed by atoms with van der Waals surface area (Å²) in [5.41, 5.74) is -0.314. The number of hydrogen-bond acceptors (Lipinski definition) is 8. The van der Waals surface area contributed by atoms with E-state index in [0.29, 0.717) is 19.4 Å². The zero-order valence-electron chi connectivity index (χ0n) is 20.7. The van der Waals surface area contributed by atoms with Crippen molar-refractivity contribution in [2.75, 3.05) is 20.3 Å². The van der Waals surface area contributed by atoms with Gasteiger partial charge in [0.2, 0.25) is 0 Å². The van der Waals surface area contributed by atoms with Crippen LogP contribution in [0.3, 0.4) is 0 Å². The Kier molecular flexibility index (Phi) is 11.0. The zero-order valence-corrected chi connectivity index (χ0v) is 20.7. The highest BCUT2D eigenvalue weighted by Gasteiger charge is 2.36. The molecule has 0 bridgehead atoms. The van der Waals surface area contributed by atoms with Crippen molar-refractivity contribution < 1.29 is 46.8 Å². The lowest BCUT2D eigenvalue weighted by atomic mass is 10.0. The van der Waals surface area contributed by atoms with Crippen LogP contribution in [-0.2, 0) is 19.0 Å². The first-order valence-corrected chi connectivity index (χ1v) is 11.6. The van der Waals surface area contributed by atoms with Gasteiger partial charge in [0.05, 0.1) is 19.8 Å². The van der Waals surface area contributed by atoms with Crippen molar-refractivity contribution in [2.45, 2.75) is 70.6 Å². The van der Waals surface area contributed by atoms with Gasteiger partial charge in [-0.3, -0.25) is 4.79 Å². The van der Waals surface area contributed by atoms with Crippen molar-refractivity contribution in [1.82, 2.24) is 10.3 Å². The molecule has 1 amide bonds. The third-order valence-electron chi connectivity index (χ3n) is 5.36. The van der Waals surface area contributed by atoms with Crippen LogP contribution in [0.2, 0.25) is 0 Å². The van der Waals surface area contributed by atoms with E-state index in [-0.39, 0.29) is 36.5 Å². The molecule has 202 valence electrons. The molecule has 2 N–H and O–H groups in total. The average Bonchev–Trinajstić information content (AvgIpc) is 2.84. The molecule has 2 rings (SSSR count). The van der Waals surface area contributed by atoms with E-state index in [1.165, 1.54) is 19.4 Å². The lowest BCUT2D eigenvalue weighted by Gasteiger charge is -2.31. The number of carbonyl (C=O) groups is 2. The molecule has 4 atom stereocenters. The summed E-state index contributed by atoms with van der Waals surface area (Å²) in [4.78, 5) is 29.5. The van der Waals surface area contributed by atoms with Gasteiger partial charge in [0.1, 0.15) is 18.2 Å². The van der Waals surface area contributed by atoms with Crippen LogP contribution in [0.15, 0.2) is 24.4 Å². The Morgan fingerprint density at radius 1 is 1.33 bits per heavy atom. The molecule has 36 heavy (non-hydrogen) atoms. The fourth-order valence-electron chi connectivity index (χ4n) is 3.65.